The SMILES string of the molecule is CC(=O)N1Cc2ccccc2O[C@]2(CCCN(C(=O)[C@@H](C)N)C2)C1. The molecule has 2 amide bonds. The summed E-state index contributed by atoms with van der Waals surface area (Å²) in [5.74, 6) is 0.756. The van der Waals surface area contributed by atoms with Gasteiger partial charge in [-0.1, -0.05) is 18.2 Å². The number of piperidine rings is 1. The molecule has 0 saturated carbocycles. The molecule has 0 aromatic heterocycles. The second-order valence-corrected chi connectivity index (χ2v) is 6.92. The van der Waals surface area contributed by atoms with Crippen molar-refractivity contribution in [3.8, 4) is 5.75 Å². The van der Waals surface area contributed by atoms with Crippen LogP contribution in [0.25, 0.3) is 0 Å². The zero-order valence-corrected chi connectivity index (χ0v) is 14.3. The van der Waals surface area contributed by atoms with E-state index in [1.54, 1.807) is 18.7 Å². The summed E-state index contributed by atoms with van der Waals surface area (Å²) < 4.78 is 6.40. The maximum Gasteiger partial charge on any atom is 0.239 e. The Morgan fingerprint density at radius 3 is 2.67 bits per heavy atom. The van der Waals surface area contributed by atoms with E-state index in [-0.39, 0.29) is 11.8 Å². The first kappa shape index (κ1) is 16.8. The number of fused-ring (bicyclic) bond motifs is 1. The molecule has 1 aromatic rings. The van der Waals surface area contributed by atoms with E-state index in [2.05, 4.69) is 0 Å². The third kappa shape index (κ3) is 3.24. The summed E-state index contributed by atoms with van der Waals surface area (Å²) in [6, 6.07) is 7.28. The number of rotatable bonds is 1. The first-order valence-electron chi connectivity index (χ1n) is 8.47. The van der Waals surface area contributed by atoms with Gasteiger partial charge in [0.15, 0.2) is 0 Å². The first-order valence-corrected chi connectivity index (χ1v) is 8.47. The number of carbonyl (C=O) groups excluding carboxylic acids is 2. The van der Waals surface area contributed by atoms with Crippen LogP contribution in [0.5, 0.6) is 5.75 Å². The fraction of sp³-hybridized carbons (Fsp3) is 0.556. The highest BCUT2D eigenvalue weighted by Crippen LogP contribution is 2.34. The molecule has 1 aromatic carbocycles. The van der Waals surface area contributed by atoms with Crippen molar-refractivity contribution in [3.63, 3.8) is 0 Å². The molecule has 2 N–H and O–H groups in total. The minimum absolute atomic E-state index is 0.0188. The van der Waals surface area contributed by atoms with Gasteiger partial charge < -0.3 is 20.3 Å². The van der Waals surface area contributed by atoms with Crippen LogP contribution in [0.15, 0.2) is 24.3 Å². The molecule has 0 bridgehead atoms. The zero-order chi connectivity index (χ0) is 17.3. The van der Waals surface area contributed by atoms with Crippen LogP contribution in [0.4, 0.5) is 0 Å². The van der Waals surface area contributed by atoms with Crippen LogP contribution in [0, 0.1) is 0 Å². The van der Waals surface area contributed by atoms with Crippen LogP contribution in [-0.2, 0) is 16.1 Å². The van der Waals surface area contributed by atoms with Gasteiger partial charge in [0.2, 0.25) is 11.8 Å². The van der Waals surface area contributed by atoms with E-state index in [0.29, 0.717) is 26.2 Å². The number of nitrogens with two attached hydrogens (primary N) is 1. The smallest absolute Gasteiger partial charge is 0.239 e. The molecule has 2 heterocycles. The molecule has 2 aliphatic rings. The van der Waals surface area contributed by atoms with Gasteiger partial charge in [-0.2, -0.15) is 0 Å². The molecule has 3 rings (SSSR count). The number of carbonyl (C=O) groups is 2. The number of hydrogen-bond donors (Lipinski definition) is 1. The van der Waals surface area contributed by atoms with Gasteiger partial charge in [-0.3, -0.25) is 9.59 Å². The van der Waals surface area contributed by atoms with Crippen LogP contribution in [0.3, 0.4) is 0 Å². The number of likely N-dealkylation sites (tertiary alicyclic amines) is 1. The molecule has 0 radical (unpaired) electrons. The topological polar surface area (TPSA) is 75.9 Å². The predicted octanol–water partition coefficient (Wildman–Crippen LogP) is 1.14. The summed E-state index contributed by atoms with van der Waals surface area (Å²) in [5.41, 5.74) is 6.20. The maximum absolute atomic E-state index is 12.3. The fourth-order valence-electron chi connectivity index (χ4n) is 3.62. The molecule has 1 spiro atoms. The highest BCUT2D eigenvalue weighted by atomic mass is 16.5. The molecular weight excluding hydrogens is 306 g/mol. The highest BCUT2D eigenvalue weighted by molar-refractivity contribution is 5.81. The number of para-hydroxylation sites is 1. The summed E-state index contributed by atoms with van der Waals surface area (Å²) in [6.07, 6.45) is 1.65. The van der Waals surface area contributed by atoms with Crippen molar-refractivity contribution < 1.29 is 14.3 Å². The Bertz CT molecular complexity index is 646. The molecular formula is C18H25N3O3. The van der Waals surface area contributed by atoms with Gasteiger partial charge in [-0.25, -0.2) is 0 Å². The minimum atomic E-state index is -0.568. The summed E-state index contributed by atoms with van der Waals surface area (Å²) in [4.78, 5) is 28.0. The van der Waals surface area contributed by atoms with Gasteiger partial charge in [0.1, 0.15) is 11.4 Å². The number of amides is 2. The van der Waals surface area contributed by atoms with Gasteiger partial charge in [-0.05, 0) is 25.8 Å². The molecule has 1 saturated heterocycles. The average Bonchev–Trinajstić information content (AvgIpc) is 2.70. The predicted molar refractivity (Wildman–Crippen MR) is 90.4 cm³/mol. The lowest BCUT2D eigenvalue weighted by Gasteiger charge is -2.44. The third-order valence-electron chi connectivity index (χ3n) is 4.83. The Kier molecular flexibility index (Phi) is 4.49. The van der Waals surface area contributed by atoms with Crippen molar-refractivity contribution in [3.05, 3.63) is 29.8 Å². The van der Waals surface area contributed by atoms with E-state index in [1.165, 1.54) is 0 Å². The van der Waals surface area contributed by atoms with Gasteiger partial charge >= 0.3 is 0 Å². The van der Waals surface area contributed by atoms with Gasteiger partial charge in [0.05, 0.1) is 19.1 Å². The number of benzene rings is 1. The molecule has 0 aliphatic carbocycles. The van der Waals surface area contributed by atoms with Crippen LogP contribution in [0.1, 0.15) is 32.3 Å². The second-order valence-electron chi connectivity index (χ2n) is 6.92. The molecule has 24 heavy (non-hydrogen) atoms. The van der Waals surface area contributed by atoms with Crippen LogP contribution in [0.2, 0.25) is 0 Å². The number of ether oxygens (including phenoxy) is 1. The van der Waals surface area contributed by atoms with Gasteiger partial charge in [0.25, 0.3) is 0 Å². The zero-order valence-electron chi connectivity index (χ0n) is 14.3. The van der Waals surface area contributed by atoms with E-state index < -0.39 is 11.6 Å². The molecule has 2 atom stereocenters. The summed E-state index contributed by atoms with van der Waals surface area (Å²) in [7, 11) is 0. The Hall–Kier alpha value is -2.08. The van der Waals surface area contributed by atoms with Crippen molar-refractivity contribution in [1.29, 1.82) is 0 Å². The molecule has 6 heteroatoms. The Balaban J connectivity index is 1.92. The van der Waals surface area contributed by atoms with Gasteiger partial charge in [0, 0.05) is 25.6 Å². The monoisotopic (exact) mass is 331 g/mol. The molecule has 130 valence electrons. The van der Waals surface area contributed by atoms with Gasteiger partial charge in [-0.15, -0.1) is 0 Å². The largest absolute Gasteiger partial charge is 0.483 e. The van der Waals surface area contributed by atoms with Crippen LogP contribution >= 0.6 is 0 Å². The number of hydrogen-bond acceptors (Lipinski definition) is 4. The lowest BCUT2D eigenvalue weighted by Crippen LogP contribution is -2.60. The maximum atomic E-state index is 12.3. The summed E-state index contributed by atoms with van der Waals surface area (Å²) in [5, 5.41) is 0. The highest BCUT2D eigenvalue weighted by Gasteiger charge is 2.43. The van der Waals surface area contributed by atoms with Crippen LogP contribution < -0.4 is 10.5 Å². The standard InChI is InChI=1S/C18H25N3O3/c1-13(19)17(23)20-9-5-8-18(11-20)12-21(14(2)22)10-15-6-3-4-7-16(15)24-18/h3-4,6-7,13H,5,8-12,19H2,1-2H3/t13-,18+/m1/s1. The normalized spacial score (nSPS) is 24.8. The van der Waals surface area contributed by atoms with E-state index in [9.17, 15) is 9.59 Å². The van der Waals surface area contributed by atoms with Crippen molar-refractivity contribution in [2.75, 3.05) is 19.6 Å². The Morgan fingerprint density at radius 2 is 1.96 bits per heavy atom. The van der Waals surface area contributed by atoms with E-state index in [4.69, 9.17) is 10.5 Å². The van der Waals surface area contributed by atoms with Crippen molar-refractivity contribution in [2.45, 2.75) is 44.9 Å². The summed E-state index contributed by atoms with van der Waals surface area (Å²) >= 11 is 0. The lowest BCUT2D eigenvalue weighted by molar-refractivity contribution is -0.140. The Morgan fingerprint density at radius 1 is 1.25 bits per heavy atom. The Labute approximate surface area is 142 Å². The second kappa shape index (κ2) is 6.43. The number of nitrogens with zero attached hydrogens (tertiary/aromatic N) is 2. The van der Waals surface area contributed by atoms with Crippen molar-refractivity contribution in [2.24, 2.45) is 5.73 Å². The van der Waals surface area contributed by atoms with Crippen molar-refractivity contribution in [1.82, 2.24) is 9.80 Å². The molecule has 6 nitrogen and oxygen atoms in total. The first-order chi connectivity index (χ1) is 11.4. The third-order valence-corrected chi connectivity index (χ3v) is 4.83. The fourth-order valence-corrected chi connectivity index (χ4v) is 3.62. The average molecular weight is 331 g/mol. The molecule has 1 fully saturated rings. The quantitative estimate of drug-likeness (QED) is 0.837. The van der Waals surface area contributed by atoms with E-state index in [0.717, 1.165) is 24.2 Å². The minimum Gasteiger partial charge on any atom is -0.483 e. The summed E-state index contributed by atoms with van der Waals surface area (Å²) in [6.45, 7) is 5.46. The van der Waals surface area contributed by atoms with Crippen molar-refractivity contribution >= 4 is 11.8 Å². The molecule has 0 unspecified atom stereocenters. The van der Waals surface area contributed by atoms with E-state index >= 15 is 0 Å². The molecule has 2 aliphatic heterocycles. The lowest BCUT2D eigenvalue weighted by atomic mass is 9.91. The van der Waals surface area contributed by atoms with E-state index in [1.807, 2.05) is 29.2 Å². The van der Waals surface area contributed by atoms with Crippen LogP contribution in [-0.4, -0.2) is 52.9 Å².